The molecule has 0 radical (unpaired) electrons. The predicted molar refractivity (Wildman–Crippen MR) is 43.7 cm³/mol. The van der Waals surface area contributed by atoms with Crippen molar-refractivity contribution in [2.75, 3.05) is 0 Å². The fourth-order valence-electron chi connectivity index (χ4n) is 1.13. The van der Waals surface area contributed by atoms with Gasteiger partial charge in [-0.1, -0.05) is 0 Å². The van der Waals surface area contributed by atoms with Crippen molar-refractivity contribution in [2.24, 2.45) is 0 Å². The Morgan fingerprint density at radius 2 is 2.55 bits per heavy atom. The molecule has 2 aromatic heterocycles. The molecule has 2 heterocycles. The number of imidazole rings is 1. The third-order valence-electron chi connectivity index (χ3n) is 1.71. The van der Waals surface area contributed by atoms with E-state index >= 15 is 0 Å². The Balaban J connectivity index is 2.80. The molecule has 1 N–H and O–H groups in total. The van der Waals surface area contributed by atoms with Gasteiger partial charge in [0.15, 0.2) is 0 Å². The van der Waals surface area contributed by atoms with Crippen molar-refractivity contribution in [3.05, 3.63) is 23.1 Å². The van der Waals surface area contributed by atoms with Crippen LogP contribution in [0.5, 0.6) is 0 Å². The minimum atomic E-state index is 0.0855. The van der Waals surface area contributed by atoms with E-state index in [1.54, 1.807) is 23.9 Å². The van der Waals surface area contributed by atoms with Crippen molar-refractivity contribution < 1.29 is 5.11 Å². The molecule has 0 aliphatic heterocycles. The summed E-state index contributed by atoms with van der Waals surface area (Å²) in [4.78, 5) is 6.22. The number of rotatable bonds is 1. The molecular formula is C7H8N2OS. The lowest BCUT2D eigenvalue weighted by atomic mass is 10.4. The first-order valence-electron chi connectivity index (χ1n) is 3.34. The van der Waals surface area contributed by atoms with Crippen LogP contribution in [0.25, 0.3) is 4.83 Å². The Hall–Kier alpha value is -0.870. The second kappa shape index (κ2) is 2.32. The minimum absolute atomic E-state index is 0.0855. The van der Waals surface area contributed by atoms with E-state index in [1.165, 1.54) is 0 Å². The second-order valence-electron chi connectivity index (χ2n) is 2.36. The van der Waals surface area contributed by atoms with Gasteiger partial charge in [0.1, 0.15) is 11.2 Å². The molecule has 0 atom stereocenters. The van der Waals surface area contributed by atoms with E-state index in [2.05, 4.69) is 4.98 Å². The zero-order valence-electron chi connectivity index (χ0n) is 6.11. The van der Waals surface area contributed by atoms with Crippen LogP contribution in [-0.4, -0.2) is 14.5 Å². The number of fused-ring (bicyclic) bond motifs is 1. The van der Waals surface area contributed by atoms with Crippen LogP contribution in [0.15, 0.2) is 12.5 Å². The van der Waals surface area contributed by atoms with Gasteiger partial charge in [-0.2, -0.15) is 0 Å². The van der Waals surface area contributed by atoms with Crippen LogP contribution in [-0.2, 0) is 6.61 Å². The summed E-state index contributed by atoms with van der Waals surface area (Å²) in [6.45, 7) is 2.09. The molecule has 11 heavy (non-hydrogen) atoms. The van der Waals surface area contributed by atoms with Gasteiger partial charge in [0.2, 0.25) is 0 Å². The maximum atomic E-state index is 8.98. The highest BCUT2D eigenvalue weighted by Crippen LogP contribution is 2.21. The molecule has 58 valence electrons. The number of aryl methyl sites for hydroxylation is 1. The van der Waals surface area contributed by atoms with E-state index in [1.807, 2.05) is 11.3 Å². The normalized spacial score (nSPS) is 11.1. The fourth-order valence-corrected chi connectivity index (χ4v) is 2.10. The Morgan fingerprint density at radius 1 is 1.73 bits per heavy atom. The van der Waals surface area contributed by atoms with Crippen molar-refractivity contribution in [3.63, 3.8) is 0 Å². The van der Waals surface area contributed by atoms with E-state index in [0.29, 0.717) is 0 Å². The molecule has 0 unspecified atom stereocenters. The summed E-state index contributed by atoms with van der Waals surface area (Å²) in [5, 5.41) is 8.98. The Bertz CT molecular complexity index is 377. The molecule has 0 aromatic carbocycles. The lowest BCUT2D eigenvalue weighted by Gasteiger charge is -1.92. The van der Waals surface area contributed by atoms with Gasteiger partial charge in [-0.25, -0.2) is 4.98 Å². The van der Waals surface area contributed by atoms with Crippen LogP contribution in [0.1, 0.15) is 10.6 Å². The van der Waals surface area contributed by atoms with Gasteiger partial charge in [0.05, 0.1) is 18.5 Å². The topological polar surface area (TPSA) is 37.5 Å². The summed E-state index contributed by atoms with van der Waals surface area (Å²) in [5.41, 5.74) is 0.947. The largest absolute Gasteiger partial charge is 0.390 e. The first-order chi connectivity index (χ1) is 5.33. The average Bonchev–Trinajstić information content (AvgIpc) is 2.46. The maximum absolute atomic E-state index is 8.98. The first-order valence-corrected chi connectivity index (χ1v) is 4.16. The van der Waals surface area contributed by atoms with Gasteiger partial charge in [-0.05, 0) is 6.92 Å². The van der Waals surface area contributed by atoms with Gasteiger partial charge < -0.3 is 5.11 Å². The zero-order chi connectivity index (χ0) is 7.84. The van der Waals surface area contributed by atoms with Crippen LogP contribution in [0.2, 0.25) is 0 Å². The highest BCUT2D eigenvalue weighted by atomic mass is 32.1. The average molecular weight is 168 g/mol. The molecule has 0 fully saturated rings. The number of hydrogen-bond acceptors (Lipinski definition) is 3. The first kappa shape index (κ1) is 6.82. The molecule has 0 saturated carbocycles. The number of aromatic nitrogens is 2. The van der Waals surface area contributed by atoms with Crippen molar-refractivity contribution in [2.45, 2.75) is 13.5 Å². The monoisotopic (exact) mass is 168 g/mol. The Labute approximate surface area is 67.9 Å². The second-order valence-corrected chi connectivity index (χ2v) is 3.60. The summed E-state index contributed by atoms with van der Waals surface area (Å²) in [7, 11) is 0. The van der Waals surface area contributed by atoms with E-state index in [-0.39, 0.29) is 6.61 Å². The van der Waals surface area contributed by atoms with Crippen LogP contribution in [0.3, 0.4) is 0 Å². The van der Waals surface area contributed by atoms with E-state index < -0.39 is 0 Å². The summed E-state index contributed by atoms with van der Waals surface area (Å²) < 4.78 is 1.92. The molecular weight excluding hydrogens is 160 g/mol. The van der Waals surface area contributed by atoms with E-state index in [9.17, 15) is 0 Å². The quantitative estimate of drug-likeness (QED) is 0.694. The van der Waals surface area contributed by atoms with Crippen LogP contribution in [0.4, 0.5) is 0 Å². The van der Waals surface area contributed by atoms with Gasteiger partial charge in [0.25, 0.3) is 0 Å². The number of aliphatic hydroxyl groups is 1. The lowest BCUT2D eigenvalue weighted by Crippen LogP contribution is -1.90. The van der Waals surface area contributed by atoms with Crippen molar-refractivity contribution in [1.29, 1.82) is 0 Å². The standard InChI is InChI=1S/C7H8N2OS/c1-5-6(3-10)9-4-8-2-7(9)11-5/h2,4,10H,3H2,1H3. The van der Waals surface area contributed by atoms with Crippen molar-refractivity contribution in [1.82, 2.24) is 9.38 Å². The Kier molecular flexibility index (Phi) is 1.44. The van der Waals surface area contributed by atoms with Crippen LogP contribution in [0, 0.1) is 6.92 Å². The number of nitrogens with zero attached hydrogens (tertiary/aromatic N) is 2. The molecule has 3 nitrogen and oxygen atoms in total. The summed E-state index contributed by atoms with van der Waals surface area (Å²) in [6, 6.07) is 0. The lowest BCUT2D eigenvalue weighted by molar-refractivity contribution is 0.275. The van der Waals surface area contributed by atoms with Crippen LogP contribution >= 0.6 is 11.3 Å². The Morgan fingerprint density at radius 3 is 3.27 bits per heavy atom. The molecule has 4 heteroatoms. The molecule has 0 aliphatic rings. The molecule has 0 bridgehead atoms. The maximum Gasteiger partial charge on any atom is 0.120 e. The zero-order valence-corrected chi connectivity index (χ0v) is 6.93. The van der Waals surface area contributed by atoms with Crippen molar-refractivity contribution in [3.8, 4) is 0 Å². The fraction of sp³-hybridized carbons (Fsp3) is 0.286. The summed E-state index contributed by atoms with van der Waals surface area (Å²) >= 11 is 1.65. The van der Waals surface area contributed by atoms with Gasteiger partial charge in [0, 0.05) is 4.88 Å². The highest BCUT2D eigenvalue weighted by Gasteiger charge is 2.06. The number of aliphatic hydroxyl groups excluding tert-OH is 1. The highest BCUT2D eigenvalue weighted by molar-refractivity contribution is 7.17. The number of hydrogen-bond donors (Lipinski definition) is 1. The van der Waals surface area contributed by atoms with Gasteiger partial charge in [-0.3, -0.25) is 4.40 Å². The van der Waals surface area contributed by atoms with Crippen molar-refractivity contribution >= 4 is 16.2 Å². The third-order valence-corrected chi connectivity index (χ3v) is 2.76. The molecule has 2 rings (SSSR count). The molecule has 0 aliphatic carbocycles. The molecule has 0 amide bonds. The smallest absolute Gasteiger partial charge is 0.120 e. The number of thiazole rings is 1. The van der Waals surface area contributed by atoms with E-state index in [0.717, 1.165) is 15.4 Å². The van der Waals surface area contributed by atoms with Gasteiger partial charge in [-0.15, -0.1) is 11.3 Å². The SMILES string of the molecule is Cc1sc2cncn2c1CO. The van der Waals surface area contributed by atoms with E-state index in [4.69, 9.17) is 5.11 Å². The molecule has 0 saturated heterocycles. The van der Waals surface area contributed by atoms with Gasteiger partial charge >= 0.3 is 0 Å². The predicted octanol–water partition coefficient (Wildman–Crippen LogP) is 1.20. The third kappa shape index (κ3) is 0.868. The summed E-state index contributed by atoms with van der Waals surface area (Å²) in [6.07, 6.45) is 3.53. The minimum Gasteiger partial charge on any atom is -0.390 e. The summed E-state index contributed by atoms with van der Waals surface area (Å²) in [5.74, 6) is 0. The molecule has 0 spiro atoms. The molecule has 2 aromatic rings. The van der Waals surface area contributed by atoms with Crippen LogP contribution < -0.4 is 0 Å².